The van der Waals surface area contributed by atoms with Crippen LogP contribution in [0.5, 0.6) is 0 Å². The average Bonchev–Trinajstić information content (AvgIpc) is 2.35. The third-order valence-electron chi connectivity index (χ3n) is 2.28. The van der Waals surface area contributed by atoms with Crippen molar-refractivity contribution in [3.05, 3.63) is 34.3 Å². The molecule has 1 atom stereocenters. The normalized spacial score (nSPS) is 12.2. The van der Waals surface area contributed by atoms with Gasteiger partial charge in [0.15, 0.2) is 0 Å². The quantitative estimate of drug-likeness (QED) is 0.872. The average molecular weight is 302 g/mol. The SMILES string of the molecule is COCC(CNC(=O)c1ccc(Br)cc1)OC. The van der Waals surface area contributed by atoms with E-state index in [2.05, 4.69) is 21.2 Å². The van der Waals surface area contributed by atoms with Crippen LogP contribution in [-0.4, -0.2) is 39.4 Å². The first-order valence-electron chi connectivity index (χ1n) is 5.23. The van der Waals surface area contributed by atoms with E-state index in [4.69, 9.17) is 9.47 Å². The molecule has 4 nitrogen and oxygen atoms in total. The fourth-order valence-corrected chi connectivity index (χ4v) is 1.57. The Morgan fingerprint density at radius 3 is 2.53 bits per heavy atom. The number of carbonyl (C=O) groups is 1. The Hall–Kier alpha value is -0.910. The second-order valence-electron chi connectivity index (χ2n) is 3.53. The van der Waals surface area contributed by atoms with E-state index in [0.29, 0.717) is 18.7 Å². The van der Waals surface area contributed by atoms with Gasteiger partial charge in [0.05, 0.1) is 12.7 Å². The summed E-state index contributed by atoms with van der Waals surface area (Å²) in [6.07, 6.45) is -0.126. The fourth-order valence-electron chi connectivity index (χ4n) is 1.31. The van der Waals surface area contributed by atoms with Crippen LogP contribution in [0.1, 0.15) is 10.4 Å². The predicted octanol–water partition coefficient (Wildman–Crippen LogP) is 1.84. The summed E-state index contributed by atoms with van der Waals surface area (Å²) in [5, 5.41) is 2.79. The van der Waals surface area contributed by atoms with Gasteiger partial charge in [-0.15, -0.1) is 0 Å². The molecular formula is C12H16BrNO3. The van der Waals surface area contributed by atoms with Crippen molar-refractivity contribution >= 4 is 21.8 Å². The molecule has 0 saturated heterocycles. The van der Waals surface area contributed by atoms with Crippen molar-refractivity contribution in [1.29, 1.82) is 0 Å². The fraction of sp³-hybridized carbons (Fsp3) is 0.417. The van der Waals surface area contributed by atoms with Crippen LogP contribution in [0.25, 0.3) is 0 Å². The molecule has 0 saturated carbocycles. The Balaban J connectivity index is 2.46. The summed E-state index contributed by atoms with van der Waals surface area (Å²) in [7, 11) is 3.19. The molecule has 1 unspecified atom stereocenters. The summed E-state index contributed by atoms with van der Waals surface area (Å²) < 4.78 is 11.1. The first-order chi connectivity index (χ1) is 8.17. The molecule has 1 rings (SSSR count). The molecule has 1 amide bonds. The highest BCUT2D eigenvalue weighted by Crippen LogP contribution is 2.10. The number of hydrogen-bond acceptors (Lipinski definition) is 3. The van der Waals surface area contributed by atoms with E-state index in [1.54, 1.807) is 26.4 Å². The highest BCUT2D eigenvalue weighted by atomic mass is 79.9. The van der Waals surface area contributed by atoms with Gasteiger partial charge in [-0.05, 0) is 24.3 Å². The summed E-state index contributed by atoms with van der Waals surface area (Å²) in [6.45, 7) is 0.885. The number of halogens is 1. The Labute approximate surface area is 109 Å². The zero-order valence-corrected chi connectivity index (χ0v) is 11.5. The van der Waals surface area contributed by atoms with Crippen molar-refractivity contribution in [2.24, 2.45) is 0 Å². The molecule has 17 heavy (non-hydrogen) atoms. The van der Waals surface area contributed by atoms with E-state index in [9.17, 15) is 4.79 Å². The van der Waals surface area contributed by atoms with Gasteiger partial charge < -0.3 is 14.8 Å². The molecule has 0 radical (unpaired) electrons. The molecule has 0 aromatic heterocycles. The first-order valence-corrected chi connectivity index (χ1v) is 6.02. The van der Waals surface area contributed by atoms with Gasteiger partial charge in [0.25, 0.3) is 5.91 Å². The lowest BCUT2D eigenvalue weighted by atomic mass is 10.2. The van der Waals surface area contributed by atoms with Crippen LogP contribution in [0.2, 0.25) is 0 Å². The Morgan fingerprint density at radius 2 is 2.00 bits per heavy atom. The Bertz CT molecular complexity index is 353. The van der Waals surface area contributed by atoms with E-state index in [-0.39, 0.29) is 12.0 Å². The van der Waals surface area contributed by atoms with E-state index < -0.39 is 0 Å². The summed E-state index contributed by atoms with van der Waals surface area (Å²) in [6, 6.07) is 7.19. The van der Waals surface area contributed by atoms with Gasteiger partial charge in [0.1, 0.15) is 0 Å². The molecule has 0 aliphatic heterocycles. The minimum absolute atomic E-state index is 0.115. The molecule has 1 N–H and O–H groups in total. The minimum Gasteiger partial charge on any atom is -0.382 e. The van der Waals surface area contributed by atoms with Crippen molar-refractivity contribution in [2.45, 2.75) is 6.10 Å². The number of nitrogens with one attached hydrogen (secondary N) is 1. The van der Waals surface area contributed by atoms with Crippen molar-refractivity contribution in [3.8, 4) is 0 Å². The highest BCUT2D eigenvalue weighted by Gasteiger charge is 2.10. The summed E-state index contributed by atoms with van der Waals surface area (Å²) in [5.74, 6) is -0.115. The zero-order chi connectivity index (χ0) is 12.7. The molecule has 0 heterocycles. The van der Waals surface area contributed by atoms with Crippen LogP contribution in [0.15, 0.2) is 28.7 Å². The maximum Gasteiger partial charge on any atom is 0.251 e. The number of benzene rings is 1. The second-order valence-corrected chi connectivity index (χ2v) is 4.45. The lowest BCUT2D eigenvalue weighted by molar-refractivity contribution is 0.0285. The topological polar surface area (TPSA) is 47.6 Å². The summed E-state index contributed by atoms with van der Waals surface area (Å²) >= 11 is 3.32. The van der Waals surface area contributed by atoms with Gasteiger partial charge in [0, 0.05) is 30.8 Å². The van der Waals surface area contributed by atoms with Crippen molar-refractivity contribution in [2.75, 3.05) is 27.4 Å². The van der Waals surface area contributed by atoms with Gasteiger partial charge in [-0.2, -0.15) is 0 Å². The van der Waals surface area contributed by atoms with Crippen LogP contribution >= 0.6 is 15.9 Å². The number of carbonyl (C=O) groups excluding carboxylic acids is 1. The smallest absolute Gasteiger partial charge is 0.251 e. The van der Waals surface area contributed by atoms with Crippen LogP contribution in [0, 0.1) is 0 Å². The van der Waals surface area contributed by atoms with E-state index in [1.165, 1.54) is 0 Å². The van der Waals surface area contributed by atoms with Gasteiger partial charge in [-0.25, -0.2) is 0 Å². The molecule has 1 aromatic carbocycles. The summed E-state index contributed by atoms with van der Waals surface area (Å²) in [4.78, 5) is 11.8. The van der Waals surface area contributed by atoms with Crippen molar-refractivity contribution < 1.29 is 14.3 Å². The van der Waals surface area contributed by atoms with Crippen molar-refractivity contribution in [3.63, 3.8) is 0 Å². The van der Waals surface area contributed by atoms with Crippen LogP contribution in [0.4, 0.5) is 0 Å². The highest BCUT2D eigenvalue weighted by molar-refractivity contribution is 9.10. The molecule has 5 heteroatoms. The van der Waals surface area contributed by atoms with E-state index in [1.807, 2.05) is 12.1 Å². The maximum atomic E-state index is 11.8. The first kappa shape index (κ1) is 14.2. The molecule has 1 aromatic rings. The molecule has 0 aliphatic carbocycles. The molecule has 0 fully saturated rings. The monoisotopic (exact) mass is 301 g/mol. The number of amides is 1. The van der Waals surface area contributed by atoms with E-state index in [0.717, 1.165) is 4.47 Å². The lowest BCUT2D eigenvalue weighted by Gasteiger charge is -2.14. The largest absolute Gasteiger partial charge is 0.382 e. The van der Waals surface area contributed by atoms with Gasteiger partial charge in [-0.3, -0.25) is 4.79 Å². The molecule has 0 aliphatic rings. The third-order valence-corrected chi connectivity index (χ3v) is 2.81. The third kappa shape index (κ3) is 4.85. The Morgan fingerprint density at radius 1 is 1.35 bits per heavy atom. The Kier molecular flexibility index (Phi) is 6.18. The maximum absolute atomic E-state index is 11.8. The minimum atomic E-state index is -0.126. The summed E-state index contributed by atoms with van der Waals surface area (Å²) in [5.41, 5.74) is 0.625. The van der Waals surface area contributed by atoms with Gasteiger partial charge in [0.2, 0.25) is 0 Å². The standard InChI is InChI=1S/C12H16BrNO3/c1-16-8-11(17-2)7-14-12(15)9-3-5-10(13)6-4-9/h3-6,11H,7-8H2,1-2H3,(H,14,15). The van der Waals surface area contributed by atoms with E-state index >= 15 is 0 Å². The number of rotatable bonds is 6. The number of ether oxygens (including phenoxy) is 2. The van der Waals surface area contributed by atoms with Crippen LogP contribution < -0.4 is 5.32 Å². The molecule has 0 bridgehead atoms. The lowest BCUT2D eigenvalue weighted by Crippen LogP contribution is -2.35. The molecule has 94 valence electrons. The second kappa shape index (κ2) is 7.42. The molecule has 0 spiro atoms. The predicted molar refractivity (Wildman–Crippen MR) is 69.1 cm³/mol. The number of hydrogen-bond donors (Lipinski definition) is 1. The van der Waals surface area contributed by atoms with Crippen molar-refractivity contribution in [1.82, 2.24) is 5.32 Å². The van der Waals surface area contributed by atoms with Crippen LogP contribution in [-0.2, 0) is 9.47 Å². The number of methoxy groups -OCH3 is 2. The zero-order valence-electron chi connectivity index (χ0n) is 9.90. The van der Waals surface area contributed by atoms with Gasteiger partial charge in [-0.1, -0.05) is 15.9 Å². The van der Waals surface area contributed by atoms with Crippen LogP contribution in [0.3, 0.4) is 0 Å². The molecular weight excluding hydrogens is 286 g/mol. The van der Waals surface area contributed by atoms with Gasteiger partial charge >= 0.3 is 0 Å².